The molecule has 196 valence electrons. The highest BCUT2D eigenvalue weighted by atomic mass is 28.4. The van der Waals surface area contributed by atoms with Crippen LogP contribution in [-0.2, 0) is 4.43 Å². The molecule has 5 aliphatic carbocycles. The average molecular weight is 489 g/mol. The Morgan fingerprint density at radius 3 is 2.09 bits per heavy atom. The third kappa shape index (κ3) is 4.01. The molecule has 3 heteroatoms. The van der Waals surface area contributed by atoms with Crippen LogP contribution in [0.3, 0.4) is 0 Å². The molecule has 5 rings (SSSR count). The first-order chi connectivity index (χ1) is 15.8. The topological polar surface area (TPSA) is 29.5 Å². The molecular weight excluding hydrogens is 432 g/mol. The van der Waals surface area contributed by atoms with E-state index in [1.54, 1.807) is 0 Å². The average Bonchev–Trinajstić information content (AvgIpc) is 3.10. The van der Waals surface area contributed by atoms with Crippen molar-refractivity contribution in [1.29, 1.82) is 0 Å². The lowest BCUT2D eigenvalue weighted by molar-refractivity contribution is -0.170. The normalized spacial score (nSPS) is 48.2. The highest BCUT2D eigenvalue weighted by Gasteiger charge is 2.62. The molecule has 5 saturated carbocycles. The van der Waals surface area contributed by atoms with Crippen LogP contribution in [0.2, 0.25) is 18.1 Å². The molecule has 0 spiro atoms. The van der Waals surface area contributed by atoms with E-state index in [4.69, 9.17) is 4.43 Å². The number of rotatable bonds is 3. The van der Waals surface area contributed by atoms with Crippen LogP contribution in [0.5, 0.6) is 0 Å². The molecule has 0 unspecified atom stereocenters. The number of aliphatic hydroxyl groups is 1. The summed E-state index contributed by atoms with van der Waals surface area (Å²) in [6, 6.07) is 0. The van der Waals surface area contributed by atoms with E-state index >= 15 is 0 Å². The summed E-state index contributed by atoms with van der Waals surface area (Å²) in [6.45, 7) is 17.4. The summed E-state index contributed by atoms with van der Waals surface area (Å²) in [6.07, 6.45) is 18.8. The van der Waals surface area contributed by atoms with Gasteiger partial charge in [0.05, 0.1) is 11.7 Å². The largest absolute Gasteiger partial charge is 0.413 e. The van der Waals surface area contributed by atoms with Crippen molar-refractivity contribution in [2.24, 2.45) is 40.4 Å². The van der Waals surface area contributed by atoms with Crippen molar-refractivity contribution in [3.05, 3.63) is 0 Å². The minimum absolute atomic E-state index is 0.293. The maximum absolute atomic E-state index is 11.8. The molecule has 5 aliphatic rings. The standard InChI is InChI=1S/C31H56O2Si/c1-28(2,3)34(6,7)33-27-16-15-25-24-14-13-23-21-31(32,22-11-9-8-10-12-22)20-19-29(23,4)26(24)17-18-30(25,27)5/h22-27,32H,8-21H2,1-7H3/t23-,24-,25-,26-,27-,29-,30-,31+/m0/s1. The SMILES string of the molecule is CC(C)(C)[Si](C)(C)O[C@H]1CC[C@H]2[C@@H]3CC[C@H]4C[C@@](O)(C5CCCCC5)CC[C@]4(C)[C@H]3CC[C@]12C. The van der Waals surface area contributed by atoms with Gasteiger partial charge in [-0.3, -0.25) is 0 Å². The van der Waals surface area contributed by atoms with E-state index in [1.807, 2.05) is 0 Å². The van der Waals surface area contributed by atoms with E-state index in [9.17, 15) is 5.11 Å². The molecule has 2 nitrogen and oxygen atoms in total. The molecule has 34 heavy (non-hydrogen) atoms. The molecule has 8 atom stereocenters. The molecule has 0 aromatic carbocycles. The quantitative estimate of drug-likeness (QED) is 0.402. The first-order valence-corrected chi connectivity index (χ1v) is 18.1. The lowest BCUT2D eigenvalue weighted by atomic mass is 9.43. The zero-order chi connectivity index (χ0) is 24.6. The van der Waals surface area contributed by atoms with Gasteiger partial charge < -0.3 is 9.53 Å². The lowest BCUT2D eigenvalue weighted by Crippen LogP contribution is -2.58. The fraction of sp³-hybridized carbons (Fsp3) is 1.00. The molecule has 0 saturated heterocycles. The van der Waals surface area contributed by atoms with Crippen molar-refractivity contribution in [3.8, 4) is 0 Å². The van der Waals surface area contributed by atoms with Crippen molar-refractivity contribution >= 4 is 8.32 Å². The van der Waals surface area contributed by atoms with Crippen molar-refractivity contribution < 1.29 is 9.53 Å². The van der Waals surface area contributed by atoms with Gasteiger partial charge in [-0.05, 0) is 129 Å². The summed E-state index contributed by atoms with van der Waals surface area (Å²) in [4.78, 5) is 0. The third-order valence-electron chi connectivity index (χ3n) is 13.3. The van der Waals surface area contributed by atoms with E-state index in [0.717, 1.165) is 36.5 Å². The van der Waals surface area contributed by atoms with Crippen molar-refractivity contribution in [2.45, 2.75) is 154 Å². The van der Waals surface area contributed by atoms with Gasteiger partial charge in [-0.1, -0.05) is 53.9 Å². The van der Waals surface area contributed by atoms with Crippen LogP contribution in [0.25, 0.3) is 0 Å². The highest BCUT2D eigenvalue weighted by Crippen LogP contribution is 2.68. The second-order valence-electron chi connectivity index (χ2n) is 15.8. The number of hydrogen-bond donors (Lipinski definition) is 1. The molecular formula is C31H56O2Si. The van der Waals surface area contributed by atoms with Gasteiger partial charge >= 0.3 is 0 Å². The van der Waals surface area contributed by atoms with Crippen molar-refractivity contribution in [2.75, 3.05) is 0 Å². The first kappa shape index (κ1) is 25.8. The van der Waals surface area contributed by atoms with Crippen LogP contribution in [0.15, 0.2) is 0 Å². The Bertz CT molecular complexity index is 751. The minimum Gasteiger partial charge on any atom is -0.413 e. The highest BCUT2D eigenvalue weighted by molar-refractivity contribution is 6.74. The Morgan fingerprint density at radius 1 is 0.735 bits per heavy atom. The second kappa shape index (κ2) is 8.59. The zero-order valence-corrected chi connectivity index (χ0v) is 24.7. The Hall–Kier alpha value is 0.137. The molecule has 0 heterocycles. The number of hydrogen-bond acceptors (Lipinski definition) is 2. The van der Waals surface area contributed by atoms with E-state index in [2.05, 4.69) is 47.7 Å². The Labute approximate surface area is 212 Å². The molecule has 0 radical (unpaired) electrons. The van der Waals surface area contributed by atoms with Crippen LogP contribution in [-0.4, -0.2) is 25.1 Å². The lowest BCUT2D eigenvalue weighted by Gasteiger charge is -2.63. The maximum atomic E-state index is 11.8. The summed E-state index contributed by atoms with van der Waals surface area (Å²) in [5.74, 6) is 3.97. The maximum Gasteiger partial charge on any atom is 0.192 e. The van der Waals surface area contributed by atoms with Gasteiger partial charge in [0, 0.05) is 0 Å². The Morgan fingerprint density at radius 2 is 1.41 bits per heavy atom. The van der Waals surface area contributed by atoms with Gasteiger partial charge in [-0.2, -0.15) is 0 Å². The van der Waals surface area contributed by atoms with Gasteiger partial charge in [-0.15, -0.1) is 0 Å². The van der Waals surface area contributed by atoms with Crippen LogP contribution in [0.4, 0.5) is 0 Å². The minimum atomic E-state index is -1.74. The smallest absolute Gasteiger partial charge is 0.192 e. The van der Waals surface area contributed by atoms with Crippen LogP contribution in [0, 0.1) is 40.4 Å². The summed E-state index contributed by atoms with van der Waals surface area (Å²) in [5, 5.41) is 12.1. The van der Waals surface area contributed by atoms with Crippen LogP contribution >= 0.6 is 0 Å². The van der Waals surface area contributed by atoms with Crippen molar-refractivity contribution in [3.63, 3.8) is 0 Å². The predicted molar refractivity (Wildman–Crippen MR) is 145 cm³/mol. The van der Waals surface area contributed by atoms with Gasteiger partial charge in [0.15, 0.2) is 8.32 Å². The Kier molecular flexibility index (Phi) is 6.51. The molecule has 0 aromatic heterocycles. The van der Waals surface area contributed by atoms with Gasteiger partial charge in [0.25, 0.3) is 0 Å². The predicted octanol–water partition coefficient (Wildman–Crippen LogP) is 8.73. The molecule has 0 bridgehead atoms. The fourth-order valence-electron chi connectivity index (χ4n) is 9.96. The van der Waals surface area contributed by atoms with Gasteiger partial charge in [0.2, 0.25) is 0 Å². The van der Waals surface area contributed by atoms with Gasteiger partial charge in [0.1, 0.15) is 0 Å². The first-order valence-electron chi connectivity index (χ1n) is 15.2. The molecule has 0 aliphatic heterocycles. The summed E-state index contributed by atoms with van der Waals surface area (Å²) >= 11 is 0. The third-order valence-corrected chi connectivity index (χ3v) is 17.8. The summed E-state index contributed by atoms with van der Waals surface area (Å²) < 4.78 is 7.15. The Balaban J connectivity index is 1.31. The fourth-order valence-corrected chi connectivity index (χ4v) is 11.4. The summed E-state index contributed by atoms with van der Waals surface area (Å²) in [7, 11) is -1.74. The second-order valence-corrected chi connectivity index (χ2v) is 20.5. The monoisotopic (exact) mass is 488 g/mol. The van der Waals surface area contributed by atoms with Crippen molar-refractivity contribution in [1.82, 2.24) is 0 Å². The number of fused-ring (bicyclic) bond motifs is 5. The molecule has 5 fully saturated rings. The van der Waals surface area contributed by atoms with Crippen LogP contribution < -0.4 is 0 Å². The summed E-state index contributed by atoms with van der Waals surface area (Å²) in [5.41, 5.74) is 0.497. The molecule has 0 amide bonds. The molecule has 1 N–H and O–H groups in total. The van der Waals surface area contributed by atoms with E-state index in [1.165, 1.54) is 77.0 Å². The van der Waals surface area contributed by atoms with E-state index < -0.39 is 8.32 Å². The zero-order valence-electron chi connectivity index (χ0n) is 23.7. The van der Waals surface area contributed by atoms with Crippen LogP contribution in [0.1, 0.15) is 125 Å². The van der Waals surface area contributed by atoms with Gasteiger partial charge in [-0.25, -0.2) is 0 Å². The molecule has 0 aromatic rings. The van der Waals surface area contributed by atoms with E-state index in [0.29, 0.717) is 27.9 Å². The van der Waals surface area contributed by atoms with E-state index in [-0.39, 0.29) is 5.60 Å².